The number of H-pyrrole nitrogens is 1. The fraction of sp³-hybridized carbons (Fsp3) is 0.286. The maximum atomic E-state index is 11.3. The summed E-state index contributed by atoms with van der Waals surface area (Å²) in [6.07, 6.45) is 1.42. The van der Waals surface area contributed by atoms with Gasteiger partial charge in [0.25, 0.3) is 5.91 Å². The molecule has 1 rings (SSSR count). The third kappa shape index (κ3) is 2.47. The number of nitrogens with two attached hydrogens (primary N) is 2. The van der Waals surface area contributed by atoms with Crippen LogP contribution < -0.4 is 16.8 Å². The lowest BCUT2D eigenvalue weighted by Crippen LogP contribution is -2.28. The minimum atomic E-state index is -0.467. The Labute approximate surface area is 79.8 Å². The van der Waals surface area contributed by atoms with Crippen molar-refractivity contribution in [2.45, 2.75) is 6.42 Å². The molecule has 1 aromatic rings. The summed E-state index contributed by atoms with van der Waals surface area (Å²) in [5.41, 5.74) is 10.6. The summed E-state index contributed by atoms with van der Waals surface area (Å²) in [5, 5.41) is 8.48. The molecule has 0 radical (unpaired) electrons. The third-order valence-corrected chi connectivity index (χ3v) is 1.57. The highest BCUT2D eigenvalue weighted by Gasteiger charge is 2.10. The van der Waals surface area contributed by atoms with Gasteiger partial charge in [0, 0.05) is 13.0 Å². The Morgan fingerprint density at radius 1 is 1.57 bits per heavy atom. The van der Waals surface area contributed by atoms with E-state index in [4.69, 9.17) is 11.5 Å². The fourth-order valence-electron chi connectivity index (χ4n) is 0.872. The number of carbonyl (C=O) groups excluding carboxylic acids is 2. The number of hydrogen-bond acceptors (Lipinski definition) is 4. The molecule has 0 aliphatic carbocycles. The highest BCUT2D eigenvalue weighted by molar-refractivity contribution is 5.98. The molecule has 0 saturated heterocycles. The number of anilines is 1. The van der Waals surface area contributed by atoms with E-state index >= 15 is 0 Å². The zero-order valence-electron chi connectivity index (χ0n) is 7.41. The number of nitrogens with one attached hydrogen (secondary N) is 2. The largest absolute Gasteiger partial charge is 0.383 e. The molecule has 7 nitrogen and oxygen atoms in total. The molecule has 14 heavy (non-hydrogen) atoms. The van der Waals surface area contributed by atoms with Crippen LogP contribution in [0.1, 0.15) is 16.8 Å². The van der Waals surface area contributed by atoms with Crippen LogP contribution >= 0.6 is 0 Å². The quantitative estimate of drug-likeness (QED) is 0.473. The molecule has 2 amide bonds. The van der Waals surface area contributed by atoms with Crippen molar-refractivity contribution in [3.63, 3.8) is 0 Å². The van der Waals surface area contributed by atoms with E-state index < -0.39 is 5.91 Å². The molecule has 6 N–H and O–H groups in total. The summed E-state index contributed by atoms with van der Waals surface area (Å²) in [5.74, 6) is -0.649. The molecule has 0 aliphatic heterocycles. The van der Waals surface area contributed by atoms with E-state index in [1.54, 1.807) is 0 Å². The minimum Gasteiger partial charge on any atom is -0.383 e. The van der Waals surface area contributed by atoms with Gasteiger partial charge < -0.3 is 16.8 Å². The SMILES string of the molecule is NC(=O)CCNC(=O)c1cn[nH]c1N. The number of nitrogens with zero attached hydrogens (tertiary/aromatic N) is 1. The maximum Gasteiger partial charge on any atom is 0.256 e. The van der Waals surface area contributed by atoms with Gasteiger partial charge in [0.15, 0.2) is 0 Å². The van der Waals surface area contributed by atoms with Crippen molar-refractivity contribution in [3.8, 4) is 0 Å². The highest BCUT2D eigenvalue weighted by Crippen LogP contribution is 2.04. The zero-order valence-corrected chi connectivity index (χ0v) is 7.41. The molecular formula is C7H11N5O2. The number of rotatable bonds is 4. The second kappa shape index (κ2) is 4.26. The van der Waals surface area contributed by atoms with E-state index in [1.807, 2.05) is 0 Å². The van der Waals surface area contributed by atoms with E-state index in [2.05, 4.69) is 15.5 Å². The molecule has 0 atom stereocenters. The van der Waals surface area contributed by atoms with E-state index in [0.29, 0.717) is 0 Å². The van der Waals surface area contributed by atoms with Gasteiger partial charge in [-0.2, -0.15) is 5.10 Å². The van der Waals surface area contributed by atoms with Crippen LogP contribution in [0.2, 0.25) is 0 Å². The molecule has 0 spiro atoms. The number of carbonyl (C=O) groups is 2. The smallest absolute Gasteiger partial charge is 0.256 e. The lowest BCUT2D eigenvalue weighted by atomic mass is 10.3. The first kappa shape index (κ1) is 10.0. The molecule has 1 aromatic heterocycles. The second-order valence-electron chi connectivity index (χ2n) is 2.67. The molecule has 0 bridgehead atoms. The maximum absolute atomic E-state index is 11.3. The number of aromatic nitrogens is 2. The van der Waals surface area contributed by atoms with Crippen LogP contribution in [-0.2, 0) is 4.79 Å². The van der Waals surface area contributed by atoms with Crippen molar-refractivity contribution >= 4 is 17.6 Å². The second-order valence-corrected chi connectivity index (χ2v) is 2.67. The predicted molar refractivity (Wildman–Crippen MR) is 49.1 cm³/mol. The molecule has 1 heterocycles. The van der Waals surface area contributed by atoms with Crippen LogP contribution in [0, 0.1) is 0 Å². The van der Waals surface area contributed by atoms with E-state index in [1.165, 1.54) is 6.20 Å². The Morgan fingerprint density at radius 3 is 2.79 bits per heavy atom. The van der Waals surface area contributed by atoms with Crippen LogP contribution in [0.25, 0.3) is 0 Å². The van der Waals surface area contributed by atoms with Crippen LogP contribution in [0.15, 0.2) is 6.20 Å². The van der Waals surface area contributed by atoms with Gasteiger partial charge in [-0.15, -0.1) is 0 Å². The molecule has 7 heteroatoms. The lowest BCUT2D eigenvalue weighted by molar-refractivity contribution is -0.117. The first-order valence-electron chi connectivity index (χ1n) is 3.96. The third-order valence-electron chi connectivity index (χ3n) is 1.57. The van der Waals surface area contributed by atoms with Crippen LogP contribution in [0.5, 0.6) is 0 Å². The van der Waals surface area contributed by atoms with Gasteiger partial charge in [-0.1, -0.05) is 0 Å². The molecule has 0 aliphatic rings. The van der Waals surface area contributed by atoms with Crippen molar-refractivity contribution in [1.29, 1.82) is 0 Å². The van der Waals surface area contributed by atoms with Gasteiger partial charge in [-0.25, -0.2) is 0 Å². The average molecular weight is 197 g/mol. The normalized spacial score (nSPS) is 9.71. The highest BCUT2D eigenvalue weighted by atomic mass is 16.2. The molecule has 0 fully saturated rings. The van der Waals surface area contributed by atoms with E-state index in [0.717, 1.165) is 0 Å². The van der Waals surface area contributed by atoms with Crippen LogP contribution in [0.4, 0.5) is 5.82 Å². The Balaban J connectivity index is 2.44. The summed E-state index contributed by atoms with van der Waals surface area (Å²) >= 11 is 0. The lowest BCUT2D eigenvalue weighted by Gasteiger charge is -2.01. The van der Waals surface area contributed by atoms with Crippen molar-refractivity contribution in [2.24, 2.45) is 5.73 Å². The Kier molecular flexibility index (Phi) is 3.05. The molecule has 0 unspecified atom stereocenters. The van der Waals surface area contributed by atoms with Crippen molar-refractivity contribution in [3.05, 3.63) is 11.8 Å². The number of nitrogen functional groups attached to an aromatic ring is 1. The van der Waals surface area contributed by atoms with Crippen molar-refractivity contribution < 1.29 is 9.59 Å². The van der Waals surface area contributed by atoms with Gasteiger partial charge in [0.2, 0.25) is 5.91 Å². The van der Waals surface area contributed by atoms with Gasteiger partial charge in [-0.05, 0) is 0 Å². The zero-order chi connectivity index (χ0) is 10.6. The van der Waals surface area contributed by atoms with Gasteiger partial charge in [0.1, 0.15) is 11.4 Å². The molecule has 0 aromatic carbocycles. The number of aromatic amines is 1. The summed E-state index contributed by atoms with van der Waals surface area (Å²) < 4.78 is 0. The fourth-order valence-corrected chi connectivity index (χ4v) is 0.872. The van der Waals surface area contributed by atoms with Crippen LogP contribution in [-0.4, -0.2) is 28.6 Å². The summed E-state index contributed by atoms with van der Waals surface area (Å²) in [6, 6.07) is 0. The van der Waals surface area contributed by atoms with Crippen molar-refractivity contribution in [1.82, 2.24) is 15.5 Å². The standard InChI is InChI=1S/C7H11N5O2/c8-5(13)1-2-10-7(14)4-3-11-12-6(4)9/h3H,1-2H2,(H2,8,13)(H,10,14)(H3,9,11,12). The average Bonchev–Trinajstić information content (AvgIpc) is 2.50. The van der Waals surface area contributed by atoms with Gasteiger partial charge in [0.05, 0.1) is 6.20 Å². The first-order valence-corrected chi connectivity index (χ1v) is 3.96. The van der Waals surface area contributed by atoms with Gasteiger partial charge >= 0.3 is 0 Å². The molecule has 76 valence electrons. The first-order chi connectivity index (χ1) is 6.61. The number of hydrogen-bond donors (Lipinski definition) is 4. The van der Waals surface area contributed by atoms with Crippen LogP contribution in [0.3, 0.4) is 0 Å². The number of amides is 2. The Bertz CT molecular complexity index is 346. The Hall–Kier alpha value is -2.05. The topological polar surface area (TPSA) is 127 Å². The van der Waals surface area contributed by atoms with Crippen molar-refractivity contribution in [2.75, 3.05) is 12.3 Å². The summed E-state index contributed by atoms with van der Waals surface area (Å²) in [4.78, 5) is 21.7. The van der Waals surface area contributed by atoms with Gasteiger partial charge in [-0.3, -0.25) is 14.7 Å². The van der Waals surface area contributed by atoms with E-state index in [9.17, 15) is 9.59 Å². The monoisotopic (exact) mass is 197 g/mol. The number of primary amides is 1. The Morgan fingerprint density at radius 2 is 2.29 bits per heavy atom. The molecule has 0 saturated carbocycles. The van der Waals surface area contributed by atoms with E-state index in [-0.39, 0.29) is 30.3 Å². The molecular weight excluding hydrogens is 186 g/mol. The summed E-state index contributed by atoms with van der Waals surface area (Å²) in [7, 11) is 0. The summed E-state index contributed by atoms with van der Waals surface area (Å²) in [6.45, 7) is 0.193. The predicted octanol–water partition coefficient (Wildman–Crippen LogP) is -1.40. The minimum absolute atomic E-state index is 0.101.